The van der Waals surface area contributed by atoms with Crippen LogP contribution in [0.3, 0.4) is 0 Å². The highest BCUT2D eigenvalue weighted by atomic mass is 127. The molecule has 0 aromatic heterocycles. The van der Waals surface area contributed by atoms with Crippen molar-refractivity contribution >= 4 is 34.5 Å². The van der Waals surface area contributed by atoms with Crippen LogP contribution >= 0.6 is 22.6 Å². The summed E-state index contributed by atoms with van der Waals surface area (Å²) in [4.78, 5) is 24.6. The van der Waals surface area contributed by atoms with Gasteiger partial charge in [0.2, 0.25) is 5.91 Å². The molecule has 0 saturated carbocycles. The number of esters is 1. The molecule has 31 heavy (non-hydrogen) atoms. The summed E-state index contributed by atoms with van der Waals surface area (Å²) in [6.07, 6.45) is 0. The summed E-state index contributed by atoms with van der Waals surface area (Å²) in [6.45, 7) is 0.0245. The van der Waals surface area contributed by atoms with Crippen molar-refractivity contribution in [3.05, 3.63) is 82.4 Å². The minimum absolute atomic E-state index is 0.0186. The number of hydrogen-bond donors (Lipinski definition) is 3. The Morgan fingerprint density at radius 2 is 1.81 bits per heavy atom. The van der Waals surface area contributed by atoms with E-state index >= 15 is 0 Å². The van der Waals surface area contributed by atoms with Crippen molar-refractivity contribution in [2.24, 2.45) is 0 Å². The molecule has 156 valence electrons. The molecular formula is C23H16INO6. The molecule has 1 unspecified atom stereocenters. The van der Waals surface area contributed by atoms with E-state index in [1.165, 1.54) is 18.2 Å². The molecule has 2 heterocycles. The second-order valence-corrected chi connectivity index (χ2v) is 8.01. The van der Waals surface area contributed by atoms with Gasteiger partial charge in [0.15, 0.2) is 5.60 Å². The molecule has 0 aliphatic carbocycles. The first kappa shape index (κ1) is 19.7. The Bertz CT molecular complexity index is 1260. The van der Waals surface area contributed by atoms with Crippen LogP contribution in [0.5, 0.6) is 23.0 Å². The molecule has 0 radical (unpaired) electrons. The van der Waals surface area contributed by atoms with Gasteiger partial charge in [-0.15, -0.1) is 0 Å². The summed E-state index contributed by atoms with van der Waals surface area (Å²) in [7, 11) is 0. The predicted octanol–water partition coefficient (Wildman–Crippen LogP) is 3.72. The predicted molar refractivity (Wildman–Crippen MR) is 119 cm³/mol. The third-order valence-electron chi connectivity index (χ3n) is 5.53. The van der Waals surface area contributed by atoms with Crippen molar-refractivity contribution in [1.82, 2.24) is 5.32 Å². The zero-order valence-corrected chi connectivity index (χ0v) is 18.2. The highest BCUT2D eigenvalue weighted by Crippen LogP contribution is 2.58. The zero-order valence-electron chi connectivity index (χ0n) is 16.0. The summed E-state index contributed by atoms with van der Waals surface area (Å²) in [6, 6.07) is 14.8. The molecule has 1 amide bonds. The van der Waals surface area contributed by atoms with Crippen LogP contribution < -0.4 is 10.1 Å². The van der Waals surface area contributed by atoms with E-state index in [0.29, 0.717) is 33.6 Å². The van der Waals surface area contributed by atoms with Crippen LogP contribution in [0, 0.1) is 0 Å². The second-order valence-electron chi connectivity index (χ2n) is 7.25. The molecule has 0 fully saturated rings. The first-order valence-corrected chi connectivity index (χ1v) is 11.0. The zero-order chi connectivity index (χ0) is 21.8. The largest absolute Gasteiger partial charge is 0.508 e. The highest BCUT2D eigenvalue weighted by Gasteiger charge is 2.54. The number of alkyl halides is 1. The molecule has 0 bridgehead atoms. The monoisotopic (exact) mass is 529 g/mol. The maximum Gasteiger partial charge on any atom is 0.340 e. The summed E-state index contributed by atoms with van der Waals surface area (Å²) in [5.74, 6) is -0.187. The number of hydrogen-bond acceptors (Lipinski definition) is 6. The van der Waals surface area contributed by atoms with Gasteiger partial charge in [0.05, 0.1) is 22.1 Å². The fraction of sp³-hybridized carbons (Fsp3) is 0.130. The van der Waals surface area contributed by atoms with Crippen molar-refractivity contribution in [3.8, 4) is 23.0 Å². The molecule has 7 nitrogen and oxygen atoms in total. The summed E-state index contributed by atoms with van der Waals surface area (Å²) >= 11 is 1.95. The Hall–Kier alpha value is -3.27. The van der Waals surface area contributed by atoms with Crippen molar-refractivity contribution in [2.45, 2.75) is 12.1 Å². The Morgan fingerprint density at radius 3 is 2.61 bits per heavy atom. The lowest BCUT2D eigenvalue weighted by Crippen LogP contribution is -2.34. The van der Waals surface area contributed by atoms with Crippen LogP contribution in [0.4, 0.5) is 0 Å². The number of phenolic OH excluding ortho intramolecular Hbond substituents is 2. The lowest BCUT2D eigenvalue weighted by atomic mass is 9.77. The number of benzene rings is 3. The van der Waals surface area contributed by atoms with Crippen LogP contribution in [0.2, 0.25) is 0 Å². The van der Waals surface area contributed by atoms with E-state index in [4.69, 9.17) is 9.47 Å². The number of carbonyl (C=O) groups excluding carboxylic acids is 2. The van der Waals surface area contributed by atoms with Gasteiger partial charge in [-0.05, 0) is 30.3 Å². The first-order chi connectivity index (χ1) is 15.0. The molecule has 0 saturated heterocycles. The number of fused-ring (bicyclic) bond motifs is 6. The molecule has 1 spiro atoms. The van der Waals surface area contributed by atoms with E-state index in [1.807, 2.05) is 34.7 Å². The lowest BCUT2D eigenvalue weighted by Gasteiger charge is -2.37. The fourth-order valence-electron chi connectivity index (χ4n) is 4.17. The molecule has 1 atom stereocenters. The number of rotatable bonds is 3. The van der Waals surface area contributed by atoms with Gasteiger partial charge in [-0.3, -0.25) is 4.79 Å². The highest BCUT2D eigenvalue weighted by molar-refractivity contribution is 14.1. The van der Waals surface area contributed by atoms with Gasteiger partial charge in [-0.25, -0.2) is 4.79 Å². The Labute approximate surface area is 190 Å². The van der Waals surface area contributed by atoms with E-state index in [1.54, 1.807) is 24.3 Å². The van der Waals surface area contributed by atoms with Gasteiger partial charge in [0.1, 0.15) is 23.0 Å². The van der Waals surface area contributed by atoms with E-state index < -0.39 is 11.6 Å². The van der Waals surface area contributed by atoms with Crippen LogP contribution in [-0.2, 0) is 21.7 Å². The van der Waals surface area contributed by atoms with Gasteiger partial charge >= 0.3 is 5.97 Å². The van der Waals surface area contributed by atoms with Gasteiger partial charge in [0.25, 0.3) is 0 Å². The van der Waals surface area contributed by atoms with E-state index in [0.717, 1.165) is 0 Å². The van der Waals surface area contributed by atoms with Crippen molar-refractivity contribution in [3.63, 3.8) is 0 Å². The smallest absolute Gasteiger partial charge is 0.340 e. The number of nitrogens with one attached hydrogen (secondary N) is 1. The average molecular weight is 529 g/mol. The summed E-state index contributed by atoms with van der Waals surface area (Å²) in [5, 5.41) is 23.3. The third-order valence-corrected chi connectivity index (χ3v) is 6.22. The number of amides is 1. The van der Waals surface area contributed by atoms with Crippen molar-refractivity contribution < 1.29 is 29.3 Å². The average Bonchev–Trinajstić information content (AvgIpc) is 3.06. The van der Waals surface area contributed by atoms with Crippen LogP contribution in [0.15, 0.2) is 54.6 Å². The normalized spacial score (nSPS) is 17.9. The van der Waals surface area contributed by atoms with E-state index in [9.17, 15) is 19.8 Å². The van der Waals surface area contributed by atoms with Gasteiger partial charge in [-0.1, -0.05) is 40.8 Å². The molecule has 3 N–H and O–H groups in total. The third kappa shape index (κ3) is 2.85. The number of ether oxygens (including phenoxy) is 2. The molecule has 5 rings (SSSR count). The van der Waals surface area contributed by atoms with Gasteiger partial charge in [-0.2, -0.15) is 0 Å². The molecule has 2 aliphatic heterocycles. The Balaban J connectivity index is 1.79. The summed E-state index contributed by atoms with van der Waals surface area (Å²) in [5.41, 5.74) is 1.21. The number of halogens is 1. The maximum absolute atomic E-state index is 12.8. The lowest BCUT2D eigenvalue weighted by molar-refractivity contribution is -0.118. The second kappa shape index (κ2) is 7.16. The van der Waals surface area contributed by atoms with Crippen molar-refractivity contribution in [2.75, 3.05) is 4.43 Å². The minimum Gasteiger partial charge on any atom is -0.508 e. The molecule has 2 aliphatic rings. The number of phenols is 2. The number of aromatic hydroxyl groups is 2. The topological polar surface area (TPSA) is 105 Å². The van der Waals surface area contributed by atoms with E-state index in [-0.39, 0.29) is 34.1 Å². The van der Waals surface area contributed by atoms with Gasteiger partial charge < -0.3 is 25.0 Å². The summed E-state index contributed by atoms with van der Waals surface area (Å²) < 4.78 is 12.4. The van der Waals surface area contributed by atoms with E-state index in [2.05, 4.69) is 5.32 Å². The van der Waals surface area contributed by atoms with Crippen molar-refractivity contribution in [1.29, 1.82) is 0 Å². The maximum atomic E-state index is 12.8. The SMILES string of the molecule is O=C(CI)NCc1c(O)ccc2c1Oc1cc(O)ccc1C21OC(=O)c2ccccc21. The molecule has 3 aromatic rings. The van der Waals surface area contributed by atoms with Gasteiger partial charge in [0, 0.05) is 22.8 Å². The van der Waals surface area contributed by atoms with Crippen LogP contribution in [0.25, 0.3) is 0 Å². The fourth-order valence-corrected chi connectivity index (χ4v) is 4.44. The van der Waals surface area contributed by atoms with Crippen LogP contribution in [-0.4, -0.2) is 26.5 Å². The molecular weight excluding hydrogens is 513 g/mol. The molecule has 3 aromatic carbocycles. The van der Waals surface area contributed by atoms with Crippen LogP contribution in [0.1, 0.15) is 32.6 Å². The minimum atomic E-state index is -1.31. The first-order valence-electron chi connectivity index (χ1n) is 9.48. The Morgan fingerprint density at radius 1 is 1.03 bits per heavy atom. The standard InChI is InChI=1S/C23H16INO6/c24-10-20(28)25-11-14-18(27)8-7-17-21(14)30-19-9-12(26)5-6-16(19)23(17)15-4-2-1-3-13(15)22(29)31-23/h1-9,26-27H,10-11H2,(H,25,28). The Kier molecular flexibility index (Phi) is 4.54. The quantitative estimate of drug-likeness (QED) is 0.272. The number of carbonyl (C=O) groups is 2. The molecule has 8 heteroatoms.